The second-order valence-corrected chi connectivity index (χ2v) is 13.2. The highest BCUT2D eigenvalue weighted by Crippen LogP contribution is 2.53. The second kappa shape index (κ2) is 8.76. The topological polar surface area (TPSA) is 101 Å². The van der Waals surface area contributed by atoms with Crippen LogP contribution in [0.5, 0.6) is 0 Å². The Bertz CT molecular complexity index is 1300. The van der Waals surface area contributed by atoms with Crippen LogP contribution in [0.2, 0.25) is 5.02 Å². The van der Waals surface area contributed by atoms with Crippen LogP contribution in [0, 0.1) is 0 Å². The third-order valence-corrected chi connectivity index (χ3v) is 10.5. The maximum Gasteiger partial charge on any atom is 0.407 e. The van der Waals surface area contributed by atoms with Crippen molar-refractivity contribution in [1.29, 1.82) is 0 Å². The molecule has 2 aliphatic rings. The van der Waals surface area contributed by atoms with Crippen molar-refractivity contribution in [2.45, 2.75) is 61.9 Å². The van der Waals surface area contributed by atoms with E-state index in [1.165, 1.54) is 15.7 Å². The number of benzene rings is 1. The summed E-state index contributed by atoms with van der Waals surface area (Å²) in [5.41, 5.74) is 0.889. The van der Waals surface area contributed by atoms with Gasteiger partial charge in [-0.05, 0) is 51.3 Å². The third-order valence-electron chi connectivity index (χ3n) is 7.01. The molecule has 1 aliphatic carbocycles. The maximum atomic E-state index is 13.6. The number of amides is 2. The SMILES string of the molecule is CC1CN(CC2(S(=O)(=O)C(C)(C)C(F)(F)F)CC2)C(=O)c2cnc(C(=O)NCc3ccc(Cl)cc3)n21. The number of halogens is 4. The number of fused-ring (bicyclic) bond motifs is 1. The molecular formula is C23H26ClF3N4O4S. The fourth-order valence-corrected chi connectivity index (χ4v) is 6.95. The van der Waals surface area contributed by atoms with Crippen molar-refractivity contribution < 1.29 is 31.2 Å². The minimum Gasteiger partial charge on any atom is -0.345 e. The Labute approximate surface area is 211 Å². The maximum absolute atomic E-state index is 13.6. The highest BCUT2D eigenvalue weighted by molar-refractivity contribution is 7.94. The van der Waals surface area contributed by atoms with Crippen molar-refractivity contribution in [3.05, 3.63) is 52.6 Å². The molecule has 0 bridgehead atoms. The Hall–Kier alpha value is -2.60. The van der Waals surface area contributed by atoms with E-state index in [9.17, 15) is 31.2 Å². The van der Waals surface area contributed by atoms with E-state index in [4.69, 9.17) is 11.6 Å². The summed E-state index contributed by atoms with van der Waals surface area (Å²) in [7, 11) is -4.66. The summed E-state index contributed by atoms with van der Waals surface area (Å²) in [5, 5.41) is 3.30. The van der Waals surface area contributed by atoms with Crippen molar-refractivity contribution in [2.24, 2.45) is 0 Å². The van der Waals surface area contributed by atoms with E-state index in [2.05, 4.69) is 10.3 Å². The lowest BCUT2D eigenvalue weighted by Gasteiger charge is -2.38. The fraction of sp³-hybridized carbons (Fsp3) is 0.522. The Morgan fingerprint density at radius 1 is 1.22 bits per heavy atom. The average Bonchev–Trinajstić information content (AvgIpc) is 3.44. The van der Waals surface area contributed by atoms with Gasteiger partial charge in [0.15, 0.2) is 20.4 Å². The molecule has 1 saturated carbocycles. The molecule has 0 spiro atoms. The van der Waals surface area contributed by atoms with E-state index in [1.54, 1.807) is 31.2 Å². The fourth-order valence-electron chi connectivity index (χ4n) is 4.47. The van der Waals surface area contributed by atoms with Crippen molar-refractivity contribution >= 4 is 33.3 Å². The highest BCUT2D eigenvalue weighted by atomic mass is 35.5. The van der Waals surface area contributed by atoms with Gasteiger partial charge in [-0.15, -0.1) is 0 Å². The minimum absolute atomic E-state index is 0.0198. The predicted octanol–water partition coefficient (Wildman–Crippen LogP) is 3.77. The van der Waals surface area contributed by atoms with Crippen LogP contribution in [-0.4, -0.2) is 63.4 Å². The number of sulfone groups is 1. The first-order valence-electron chi connectivity index (χ1n) is 11.3. The predicted molar refractivity (Wildman–Crippen MR) is 126 cm³/mol. The Morgan fingerprint density at radius 2 is 1.83 bits per heavy atom. The molecule has 8 nitrogen and oxygen atoms in total. The summed E-state index contributed by atoms with van der Waals surface area (Å²) in [6.07, 6.45) is -3.63. The standard InChI is InChI=1S/C23H26ClF3N4O4S/c1-14-12-30(13-22(8-9-22)36(34,35)21(2,3)23(25,26)27)20(33)17-11-28-18(31(14)17)19(32)29-10-15-4-6-16(24)7-5-15/h4-7,11,14H,8-10,12-13H2,1-3H3,(H,29,32). The van der Waals surface area contributed by atoms with Crippen LogP contribution < -0.4 is 5.32 Å². The number of carbonyl (C=O) groups excluding carboxylic acids is 2. The lowest BCUT2D eigenvalue weighted by Crippen LogP contribution is -2.56. The van der Waals surface area contributed by atoms with Crippen molar-refractivity contribution in [3.8, 4) is 0 Å². The summed E-state index contributed by atoms with van der Waals surface area (Å²) in [6, 6.07) is 6.45. The van der Waals surface area contributed by atoms with Gasteiger partial charge in [0.1, 0.15) is 5.69 Å². The highest BCUT2D eigenvalue weighted by Gasteiger charge is 2.68. The van der Waals surface area contributed by atoms with Crippen LogP contribution in [0.3, 0.4) is 0 Å². The number of alkyl halides is 3. The molecule has 2 amide bonds. The Kier molecular flexibility index (Phi) is 6.44. The first kappa shape index (κ1) is 26.5. The van der Waals surface area contributed by atoms with Crippen molar-refractivity contribution in [1.82, 2.24) is 19.8 Å². The van der Waals surface area contributed by atoms with Gasteiger partial charge in [-0.1, -0.05) is 23.7 Å². The van der Waals surface area contributed by atoms with Gasteiger partial charge >= 0.3 is 6.18 Å². The second-order valence-electron chi connectivity index (χ2n) is 9.88. The molecule has 4 rings (SSSR count). The van der Waals surface area contributed by atoms with E-state index in [0.717, 1.165) is 5.56 Å². The summed E-state index contributed by atoms with van der Waals surface area (Å²) >= 11 is 5.87. The summed E-state index contributed by atoms with van der Waals surface area (Å²) in [5.74, 6) is -1.06. The first-order chi connectivity index (χ1) is 16.6. The number of imidazole rings is 1. The summed E-state index contributed by atoms with van der Waals surface area (Å²) in [4.78, 5) is 31.4. The van der Waals surface area contributed by atoms with Crippen molar-refractivity contribution in [3.63, 3.8) is 0 Å². The molecule has 36 heavy (non-hydrogen) atoms. The van der Waals surface area contributed by atoms with Gasteiger partial charge in [-0.3, -0.25) is 9.59 Å². The van der Waals surface area contributed by atoms with E-state index < -0.39 is 43.4 Å². The van der Waals surface area contributed by atoms with Crippen LogP contribution in [0.4, 0.5) is 13.2 Å². The van der Waals surface area contributed by atoms with E-state index in [-0.39, 0.29) is 44.0 Å². The molecule has 13 heteroatoms. The molecule has 1 N–H and O–H groups in total. The largest absolute Gasteiger partial charge is 0.407 e. The van der Waals surface area contributed by atoms with Crippen LogP contribution in [0.15, 0.2) is 30.5 Å². The van der Waals surface area contributed by atoms with E-state index in [1.807, 2.05) is 0 Å². The van der Waals surface area contributed by atoms with Crippen LogP contribution in [0.1, 0.15) is 66.3 Å². The van der Waals surface area contributed by atoms with Gasteiger partial charge in [0, 0.05) is 24.7 Å². The number of aromatic nitrogens is 2. The molecule has 1 aliphatic heterocycles. The zero-order valence-electron chi connectivity index (χ0n) is 19.9. The normalized spacial score (nSPS) is 19.7. The number of nitrogens with zero attached hydrogens (tertiary/aromatic N) is 3. The van der Waals surface area contributed by atoms with Crippen LogP contribution in [-0.2, 0) is 16.4 Å². The Morgan fingerprint density at radius 3 is 2.39 bits per heavy atom. The molecule has 2 heterocycles. The van der Waals surface area contributed by atoms with Gasteiger partial charge in [0.25, 0.3) is 11.8 Å². The van der Waals surface area contributed by atoms with Gasteiger partial charge in [-0.2, -0.15) is 13.2 Å². The van der Waals surface area contributed by atoms with E-state index >= 15 is 0 Å². The lowest BCUT2D eigenvalue weighted by atomic mass is 10.1. The van der Waals surface area contributed by atoms with Crippen LogP contribution >= 0.6 is 11.6 Å². The van der Waals surface area contributed by atoms with Crippen molar-refractivity contribution in [2.75, 3.05) is 13.1 Å². The molecule has 196 valence electrons. The number of nitrogens with one attached hydrogen (secondary N) is 1. The summed E-state index contributed by atoms with van der Waals surface area (Å²) in [6.45, 7) is 2.95. The third kappa shape index (κ3) is 4.27. The lowest BCUT2D eigenvalue weighted by molar-refractivity contribution is -0.153. The zero-order valence-corrected chi connectivity index (χ0v) is 21.5. The first-order valence-corrected chi connectivity index (χ1v) is 13.2. The van der Waals surface area contributed by atoms with E-state index in [0.29, 0.717) is 18.9 Å². The monoisotopic (exact) mass is 546 g/mol. The molecule has 1 fully saturated rings. The molecule has 0 saturated heterocycles. The zero-order chi connectivity index (χ0) is 26.7. The van der Waals surface area contributed by atoms with Gasteiger partial charge < -0.3 is 14.8 Å². The molecule has 1 aromatic heterocycles. The molecule has 0 radical (unpaired) electrons. The van der Waals surface area contributed by atoms with Gasteiger partial charge in [0.2, 0.25) is 0 Å². The molecule has 1 atom stereocenters. The molecular weight excluding hydrogens is 521 g/mol. The van der Waals surface area contributed by atoms with Crippen LogP contribution in [0.25, 0.3) is 0 Å². The quantitative estimate of drug-likeness (QED) is 0.570. The number of rotatable bonds is 7. The number of carbonyl (C=O) groups is 2. The average molecular weight is 547 g/mol. The molecule has 2 aromatic rings. The van der Waals surface area contributed by atoms with Gasteiger partial charge in [0.05, 0.1) is 17.0 Å². The smallest absolute Gasteiger partial charge is 0.345 e. The Balaban J connectivity index is 1.52. The molecule has 1 aromatic carbocycles. The van der Waals surface area contributed by atoms with Gasteiger partial charge in [-0.25, -0.2) is 13.4 Å². The molecule has 1 unspecified atom stereocenters. The summed E-state index contributed by atoms with van der Waals surface area (Å²) < 4.78 is 63.7. The minimum atomic E-state index is -4.95. The number of hydrogen-bond acceptors (Lipinski definition) is 5. The number of hydrogen-bond donors (Lipinski definition) is 1.